The first kappa shape index (κ1) is 16.9. The quantitative estimate of drug-likeness (QED) is 0.683. The fraction of sp³-hybridized carbons (Fsp3) is 1.00. The van der Waals surface area contributed by atoms with Crippen LogP contribution in [0.25, 0.3) is 0 Å². The second-order valence-electron chi connectivity index (χ2n) is 5.16. The Bertz CT molecular complexity index is 459. The van der Waals surface area contributed by atoms with Crippen LogP contribution in [0, 0.1) is 0 Å². The molecule has 0 saturated carbocycles. The first-order valence-corrected chi connectivity index (χ1v) is 10.2. The molecular formula is C11H24N2O4S2. The molecule has 0 aromatic carbocycles. The van der Waals surface area contributed by atoms with Crippen molar-refractivity contribution in [3.63, 3.8) is 0 Å². The number of sulfonamides is 1. The maximum atomic E-state index is 11.5. The molecule has 0 bridgehead atoms. The second-order valence-corrected chi connectivity index (χ2v) is 9.39. The van der Waals surface area contributed by atoms with Gasteiger partial charge in [0.2, 0.25) is 10.0 Å². The van der Waals surface area contributed by atoms with Gasteiger partial charge in [0.15, 0.2) is 0 Å². The highest BCUT2D eigenvalue weighted by molar-refractivity contribution is 7.91. The van der Waals surface area contributed by atoms with Crippen molar-refractivity contribution < 1.29 is 16.8 Å². The molecule has 1 rings (SSSR count). The lowest BCUT2D eigenvalue weighted by Crippen LogP contribution is -2.46. The molecule has 0 aromatic heterocycles. The highest BCUT2D eigenvalue weighted by atomic mass is 32.2. The van der Waals surface area contributed by atoms with Gasteiger partial charge in [-0.2, -0.15) is 0 Å². The van der Waals surface area contributed by atoms with Gasteiger partial charge in [0, 0.05) is 18.6 Å². The smallest absolute Gasteiger partial charge is 0.211 e. The summed E-state index contributed by atoms with van der Waals surface area (Å²) in [5.74, 6) is 0.583. The van der Waals surface area contributed by atoms with Crippen molar-refractivity contribution in [2.45, 2.75) is 45.2 Å². The summed E-state index contributed by atoms with van der Waals surface area (Å²) >= 11 is 0. The van der Waals surface area contributed by atoms with E-state index in [2.05, 4.69) is 10.0 Å². The van der Waals surface area contributed by atoms with Crippen molar-refractivity contribution >= 4 is 19.9 Å². The summed E-state index contributed by atoms with van der Waals surface area (Å²) in [5.41, 5.74) is 0. The third kappa shape index (κ3) is 6.69. The predicted molar refractivity (Wildman–Crippen MR) is 76.4 cm³/mol. The van der Waals surface area contributed by atoms with E-state index >= 15 is 0 Å². The average Bonchev–Trinajstić information content (AvgIpc) is 2.30. The Hall–Kier alpha value is -0.180. The van der Waals surface area contributed by atoms with Crippen LogP contribution in [-0.4, -0.2) is 52.7 Å². The third-order valence-corrected chi connectivity index (χ3v) is 6.42. The molecule has 19 heavy (non-hydrogen) atoms. The molecule has 0 spiro atoms. The number of nitrogens with one attached hydrogen (secondary N) is 2. The SMILES string of the molecule is CCCS(=O)(=O)NCC(C)NC1CCS(=O)(=O)CC1. The van der Waals surface area contributed by atoms with Crippen molar-refractivity contribution in [1.82, 2.24) is 10.0 Å². The topological polar surface area (TPSA) is 92.3 Å². The van der Waals surface area contributed by atoms with Gasteiger partial charge in [-0.05, 0) is 26.2 Å². The molecule has 0 aliphatic carbocycles. The van der Waals surface area contributed by atoms with Crippen LogP contribution >= 0.6 is 0 Å². The Labute approximate surface area is 116 Å². The van der Waals surface area contributed by atoms with Crippen LogP contribution in [0.5, 0.6) is 0 Å². The van der Waals surface area contributed by atoms with Crippen molar-refractivity contribution in [2.75, 3.05) is 23.8 Å². The van der Waals surface area contributed by atoms with E-state index in [0.717, 1.165) is 0 Å². The molecule has 1 unspecified atom stereocenters. The molecule has 0 amide bonds. The highest BCUT2D eigenvalue weighted by Gasteiger charge is 2.24. The maximum Gasteiger partial charge on any atom is 0.211 e. The summed E-state index contributed by atoms with van der Waals surface area (Å²) in [6.07, 6.45) is 1.81. The van der Waals surface area contributed by atoms with Crippen LogP contribution in [0.4, 0.5) is 0 Å². The van der Waals surface area contributed by atoms with Gasteiger partial charge in [-0.1, -0.05) is 6.92 Å². The van der Waals surface area contributed by atoms with E-state index in [1.165, 1.54) is 0 Å². The zero-order valence-electron chi connectivity index (χ0n) is 11.6. The van der Waals surface area contributed by atoms with E-state index in [1.807, 2.05) is 13.8 Å². The Morgan fingerprint density at radius 3 is 2.37 bits per heavy atom. The van der Waals surface area contributed by atoms with Gasteiger partial charge in [-0.15, -0.1) is 0 Å². The molecule has 2 N–H and O–H groups in total. The first-order valence-electron chi connectivity index (χ1n) is 6.68. The summed E-state index contributed by atoms with van der Waals surface area (Å²) in [6, 6.07) is 0.159. The predicted octanol–water partition coefficient (Wildman–Crippen LogP) is -0.129. The normalized spacial score (nSPS) is 22.2. The molecule has 6 nitrogen and oxygen atoms in total. The highest BCUT2D eigenvalue weighted by Crippen LogP contribution is 2.12. The van der Waals surface area contributed by atoms with Gasteiger partial charge in [-0.25, -0.2) is 21.6 Å². The van der Waals surface area contributed by atoms with Crippen LogP contribution in [0.3, 0.4) is 0 Å². The van der Waals surface area contributed by atoms with Crippen LogP contribution in [-0.2, 0) is 19.9 Å². The Morgan fingerprint density at radius 2 is 1.84 bits per heavy atom. The van der Waals surface area contributed by atoms with Crippen molar-refractivity contribution in [3.8, 4) is 0 Å². The van der Waals surface area contributed by atoms with Crippen LogP contribution in [0.1, 0.15) is 33.1 Å². The number of rotatable bonds is 7. The number of hydrogen-bond donors (Lipinski definition) is 2. The van der Waals surface area contributed by atoms with Gasteiger partial charge < -0.3 is 5.32 Å². The summed E-state index contributed by atoms with van der Waals surface area (Å²) in [5, 5.41) is 3.28. The number of hydrogen-bond acceptors (Lipinski definition) is 5. The summed E-state index contributed by atoms with van der Waals surface area (Å²) < 4.78 is 48.1. The molecule has 1 saturated heterocycles. The molecule has 1 aliphatic heterocycles. The lowest BCUT2D eigenvalue weighted by atomic mass is 10.1. The molecule has 8 heteroatoms. The minimum absolute atomic E-state index is 0.00237. The van der Waals surface area contributed by atoms with Crippen LogP contribution in [0.15, 0.2) is 0 Å². The molecular weight excluding hydrogens is 288 g/mol. The molecule has 1 heterocycles. The Morgan fingerprint density at radius 1 is 1.26 bits per heavy atom. The van der Waals surface area contributed by atoms with Gasteiger partial charge >= 0.3 is 0 Å². The minimum Gasteiger partial charge on any atom is -0.310 e. The van der Waals surface area contributed by atoms with Crippen molar-refractivity contribution in [3.05, 3.63) is 0 Å². The van der Waals surface area contributed by atoms with Crippen molar-refractivity contribution in [1.29, 1.82) is 0 Å². The molecule has 114 valence electrons. The zero-order valence-corrected chi connectivity index (χ0v) is 13.2. The van der Waals surface area contributed by atoms with E-state index in [1.54, 1.807) is 0 Å². The maximum absolute atomic E-state index is 11.5. The first-order chi connectivity index (χ1) is 8.74. The molecule has 0 radical (unpaired) electrons. The van der Waals surface area contributed by atoms with E-state index in [-0.39, 0.29) is 29.3 Å². The minimum atomic E-state index is -3.17. The van der Waals surface area contributed by atoms with Crippen LogP contribution < -0.4 is 10.0 Å². The van der Waals surface area contributed by atoms with Gasteiger partial charge in [0.1, 0.15) is 9.84 Å². The summed E-state index contributed by atoms with van der Waals surface area (Å²) in [4.78, 5) is 0. The van der Waals surface area contributed by atoms with Crippen LogP contribution in [0.2, 0.25) is 0 Å². The third-order valence-electron chi connectivity index (χ3n) is 3.16. The fourth-order valence-electron chi connectivity index (χ4n) is 2.11. The lowest BCUT2D eigenvalue weighted by Gasteiger charge is -2.26. The van der Waals surface area contributed by atoms with Gasteiger partial charge in [0.25, 0.3) is 0 Å². The molecule has 1 fully saturated rings. The molecule has 0 aromatic rings. The summed E-state index contributed by atoms with van der Waals surface area (Å²) in [7, 11) is -6.02. The standard InChI is InChI=1S/C11H24N2O4S2/c1-3-6-19(16,17)12-9-10(2)13-11-4-7-18(14,15)8-5-11/h10-13H,3-9H2,1-2H3. The Balaban J connectivity index is 2.30. The van der Waals surface area contributed by atoms with E-state index in [0.29, 0.717) is 25.8 Å². The monoisotopic (exact) mass is 312 g/mol. The average molecular weight is 312 g/mol. The van der Waals surface area contributed by atoms with E-state index in [9.17, 15) is 16.8 Å². The van der Waals surface area contributed by atoms with E-state index in [4.69, 9.17) is 0 Å². The van der Waals surface area contributed by atoms with Gasteiger partial charge in [0.05, 0.1) is 17.3 Å². The summed E-state index contributed by atoms with van der Waals surface area (Å²) in [6.45, 7) is 4.06. The largest absolute Gasteiger partial charge is 0.310 e. The van der Waals surface area contributed by atoms with Gasteiger partial charge in [-0.3, -0.25) is 0 Å². The Kier molecular flexibility index (Phi) is 6.22. The fourth-order valence-corrected chi connectivity index (χ4v) is 4.79. The molecule has 1 aliphatic rings. The van der Waals surface area contributed by atoms with E-state index < -0.39 is 19.9 Å². The zero-order chi connectivity index (χ0) is 14.5. The van der Waals surface area contributed by atoms with Crippen molar-refractivity contribution in [2.24, 2.45) is 0 Å². The molecule has 1 atom stereocenters. The lowest BCUT2D eigenvalue weighted by molar-refractivity contribution is 0.410. The second kappa shape index (κ2) is 7.01. The number of sulfone groups is 1.